The third kappa shape index (κ3) is 5.14. The van der Waals surface area contributed by atoms with Crippen LogP contribution in [-0.4, -0.2) is 32.7 Å². The van der Waals surface area contributed by atoms with Gasteiger partial charge in [0.05, 0.1) is 6.61 Å². The fourth-order valence-electron chi connectivity index (χ4n) is 1.43. The van der Waals surface area contributed by atoms with Gasteiger partial charge in [-0.05, 0) is 24.8 Å². The Morgan fingerprint density at radius 3 is 2.40 bits per heavy atom. The molecule has 4 nitrogen and oxygen atoms in total. The van der Waals surface area contributed by atoms with E-state index >= 15 is 0 Å². The van der Waals surface area contributed by atoms with Gasteiger partial charge >= 0.3 is 0 Å². The minimum absolute atomic E-state index is 0.0385. The molecule has 0 unspecified atom stereocenters. The van der Waals surface area contributed by atoms with E-state index in [0.29, 0.717) is 26.1 Å². The van der Waals surface area contributed by atoms with E-state index in [1.54, 1.807) is 7.11 Å². The molecule has 0 fully saturated rings. The van der Waals surface area contributed by atoms with Crippen molar-refractivity contribution in [3.8, 4) is 0 Å². The number of hydrogen-bond acceptors (Lipinski definition) is 3. The molecule has 0 aliphatic carbocycles. The Labute approximate surface area is 92.6 Å². The van der Waals surface area contributed by atoms with E-state index in [4.69, 9.17) is 10.5 Å². The molecule has 0 aliphatic heterocycles. The Morgan fingerprint density at radius 1 is 1.40 bits per heavy atom. The van der Waals surface area contributed by atoms with Gasteiger partial charge in [-0.15, -0.1) is 0 Å². The monoisotopic (exact) mass is 216 g/mol. The molecule has 0 heterocycles. The number of rotatable bonds is 8. The van der Waals surface area contributed by atoms with Crippen molar-refractivity contribution in [1.82, 2.24) is 5.32 Å². The normalized spacial score (nSPS) is 11.5. The summed E-state index contributed by atoms with van der Waals surface area (Å²) in [6, 6.07) is 0. The Balaban J connectivity index is 3.93. The summed E-state index contributed by atoms with van der Waals surface area (Å²) in [4.78, 5) is 11.4. The van der Waals surface area contributed by atoms with E-state index in [1.807, 2.05) is 0 Å². The fraction of sp³-hybridized carbons (Fsp3) is 0.909. The fourth-order valence-corrected chi connectivity index (χ4v) is 1.43. The molecule has 0 bridgehead atoms. The minimum atomic E-state index is 0.0385. The maximum atomic E-state index is 11.4. The quantitative estimate of drug-likeness (QED) is 0.633. The van der Waals surface area contributed by atoms with Gasteiger partial charge in [-0.1, -0.05) is 13.8 Å². The van der Waals surface area contributed by atoms with Gasteiger partial charge in [0.1, 0.15) is 0 Å². The molecule has 1 amide bonds. The van der Waals surface area contributed by atoms with Crippen LogP contribution in [0.3, 0.4) is 0 Å². The first-order chi connectivity index (χ1) is 7.14. The number of carbonyl (C=O) groups excluding carboxylic acids is 1. The summed E-state index contributed by atoms with van der Waals surface area (Å²) in [5, 5.41) is 2.91. The molecule has 0 saturated carbocycles. The van der Waals surface area contributed by atoms with Crippen molar-refractivity contribution in [1.29, 1.82) is 0 Å². The second-order valence-electron chi connectivity index (χ2n) is 3.93. The zero-order valence-electron chi connectivity index (χ0n) is 10.1. The van der Waals surface area contributed by atoms with Crippen LogP contribution in [0.1, 0.15) is 33.1 Å². The van der Waals surface area contributed by atoms with Gasteiger partial charge in [-0.2, -0.15) is 0 Å². The average Bonchev–Trinajstić information content (AvgIpc) is 2.29. The van der Waals surface area contributed by atoms with Crippen molar-refractivity contribution >= 4 is 5.91 Å². The van der Waals surface area contributed by atoms with E-state index in [1.165, 1.54) is 0 Å². The van der Waals surface area contributed by atoms with Crippen LogP contribution in [0.4, 0.5) is 0 Å². The van der Waals surface area contributed by atoms with Crippen molar-refractivity contribution < 1.29 is 9.53 Å². The molecule has 3 N–H and O–H groups in total. The summed E-state index contributed by atoms with van der Waals surface area (Å²) in [6.07, 6.45) is 2.40. The van der Waals surface area contributed by atoms with Crippen molar-refractivity contribution in [2.45, 2.75) is 33.1 Å². The number of nitrogens with two attached hydrogens (primary N) is 1. The lowest BCUT2D eigenvalue weighted by atomic mass is 9.82. The topological polar surface area (TPSA) is 64.3 Å². The molecule has 0 aromatic rings. The summed E-state index contributed by atoms with van der Waals surface area (Å²) < 4.78 is 4.84. The predicted octanol–water partition coefficient (Wildman–Crippen LogP) is 0.904. The summed E-state index contributed by atoms with van der Waals surface area (Å²) >= 11 is 0. The van der Waals surface area contributed by atoms with Crippen LogP contribution in [-0.2, 0) is 9.53 Å². The number of hydrogen-bond donors (Lipinski definition) is 2. The van der Waals surface area contributed by atoms with E-state index in [2.05, 4.69) is 19.2 Å². The molecule has 0 radical (unpaired) electrons. The molecular weight excluding hydrogens is 192 g/mol. The summed E-state index contributed by atoms with van der Waals surface area (Å²) in [5.74, 6) is 0.0385. The second-order valence-corrected chi connectivity index (χ2v) is 3.93. The largest absolute Gasteiger partial charge is 0.384 e. The average molecular weight is 216 g/mol. The number of ether oxygens (including phenoxy) is 1. The zero-order valence-corrected chi connectivity index (χ0v) is 10.1. The number of methoxy groups -OCH3 is 1. The Hall–Kier alpha value is -0.610. The number of carbonyl (C=O) groups is 1. The molecular formula is C11H24N2O2. The molecule has 0 spiro atoms. The van der Waals surface area contributed by atoms with Crippen molar-refractivity contribution in [2.24, 2.45) is 11.1 Å². The van der Waals surface area contributed by atoms with Crippen LogP contribution < -0.4 is 11.1 Å². The first-order valence-corrected chi connectivity index (χ1v) is 5.59. The molecule has 0 aromatic carbocycles. The molecule has 0 aromatic heterocycles. The standard InChI is InChI=1S/C11H24N2O2/c1-4-11(5-2,8-12)9-13-10(14)6-7-15-3/h4-9,12H2,1-3H3,(H,13,14). The zero-order chi connectivity index (χ0) is 11.7. The lowest BCUT2D eigenvalue weighted by Crippen LogP contribution is -2.42. The van der Waals surface area contributed by atoms with Gasteiger partial charge in [0.15, 0.2) is 0 Å². The van der Waals surface area contributed by atoms with Gasteiger partial charge < -0.3 is 15.8 Å². The molecule has 15 heavy (non-hydrogen) atoms. The van der Waals surface area contributed by atoms with Gasteiger partial charge in [-0.25, -0.2) is 0 Å². The molecule has 90 valence electrons. The van der Waals surface area contributed by atoms with Crippen LogP contribution in [0.25, 0.3) is 0 Å². The van der Waals surface area contributed by atoms with Crippen molar-refractivity contribution in [3.63, 3.8) is 0 Å². The highest BCUT2D eigenvalue weighted by Gasteiger charge is 2.24. The highest BCUT2D eigenvalue weighted by molar-refractivity contribution is 5.75. The molecule has 0 rings (SSSR count). The van der Waals surface area contributed by atoms with Crippen LogP contribution in [0, 0.1) is 5.41 Å². The second kappa shape index (κ2) is 7.65. The maximum Gasteiger partial charge on any atom is 0.222 e. The minimum Gasteiger partial charge on any atom is -0.384 e. The molecule has 4 heteroatoms. The third-order valence-electron chi connectivity index (χ3n) is 3.13. The highest BCUT2D eigenvalue weighted by Crippen LogP contribution is 2.23. The first kappa shape index (κ1) is 14.4. The number of nitrogens with one attached hydrogen (secondary N) is 1. The van der Waals surface area contributed by atoms with Gasteiger partial charge in [0.25, 0.3) is 0 Å². The van der Waals surface area contributed by atoms with Gasteiger partial charge in [0, 0.05) is 20.1 Å². The van der Waals surface area contributed by atoms with E-state index in [9.17, 15) is 4.79 Å². The Bertz CT molecular complexity index is 171. The lowest BCUT2D eigenvalue weighted by molar-refractivity contribution is -0.122. The SMILES string of the molecule is CCC(CC)(CN)CNC(=O)CCOC. The predicted molar refractivity (Wildman–Crippen MR) is 61.6 cm³/mol. The van der Waals surface area contributed by atoms with Crippen LogP contribution in [0.5, 0.6) is 0 Å². The van der Waals surface area contributed by atoms with Crippen LogP contribution >= 0.6 is 0 Å². The van der Waals surface area contributed by atoms with Crippen LogP contribution in [0.15, 0.2) is 0 Å². The highest BCUT2D eigenvalue weighted by atomic mass is 16.5. The van der Waals surface area contributed by atoms with Crippen molar-refractivity contribution in [3.05, 3.63) is 0 Å². The molecule has 0 aliphatic rings. The lowest BCUT2D eigenvalue weighted by Gasteiger charge is -2.30. The van der Waals surface area contributed by atoms with E-state index in [-0.39, 0.29) is 11.3 Å². The Morgan fingerprint density at radius 2 is 2.00 bits per heavy atom. The smallest absolute Gasteiger partial charge is 0.222 e. The summed E-state index contributed by atoms with van der Waals surface area (Å²) in [7, 11) is 1.59. The number of amides is 1. The first-order valence-electron chi connectivity index (χ1n) is 5.59. The summed E-state index contributed by atoms with van der Waals surface area (Å²) in [5.41, 5.74) is 5.80. The van der Waals surface area contributed by atoms with Crippen molar-refractivity contribution in [2.75, 3.05) is 26.8 Å². The Kier molecular flexibility index (Phi) is 7.34. The van der Waals surface area contributed by atoms with Crippen LogP contribution in [0.2, 0.25) is 0 Å². The molecule has 0 atom stereocenters. The van der Waals surface area contributed by atoms with E-state index < -0.39 is 0 Å². The summed E-state index contributed by atoms with van der Waals surface area (Å²) in [6.45, 7) is 5.97. The maximum absolute atomic E-state index is 11.4. The third-order valence-corrected chi connectivity index (χ3v) is 3.13. The van der Waals surface area contributed by atoms with E-state index in [0.717, 1.165) is 12.8 Å². The van der Waals surface area contributed by atoms with Gasteiger partial charge in [0.2, 0.25) is 5.91 Å². The van der Waals surface area contributed by atoms with Gasteiger partial charge in [-0.3, -0.25) is 4.79 Å². The molecule has 0 saturated heterocycles.